The SMILES string of the molecule is Nc1cc(Cl)ccc1C(=O)Nc1nc(Cl)c2[nH]cnc2n1. The topological polar surface area (TPSA) is 110 Å². The largest absolute Gasteiger partial charge is 0.398 e. The average molecular weight is 323 g/mol. The number of aromatic amines is 1. The summed E-state index contributed by atoms with van der Waals surface area (Å²) in [5.74, 6) is -0.422. The molecule has 0 bridgehead atoms. The van der Waals surface area contributed by atoms with Crippen LogP contribution in [0.4, 0.5) is 11.6 Å². The smallest absolute Gasteiger partial charge is 0.260 e. The highest BCUT2D eigenvalue weighted by molar-refractivity contribution is 6.33. The van der Waals surface area contributed by atoms with Gasteiger partial charge in [0, 0.05) is 10.7 Å². The van der Waals surface area contributed by atoms with E-state index in [0.29, 0.717) is 16.2 Å². The van der Waals surface area contributed by atoms with E-state index in [1.807, 2.05) is 0 Å². The molecule has 0 aliphatic heterocycles. The van der Waals surface area contributed by atoms with Gasteiger partial charge in [-0.25, -0.2) is 4.98 Å². The highest BCUT2D eigenvalue weighted by atomic mass is 35.5. The number of hydrogen-bond acceptors (Lipinski definition) is 5. The van der Waals surface area contributed by atoms with E-state index in [2.05, 4.69) is 25.3 Å². The van der Waals surface area contributed by atoms with Crippen molar-refractivity contribution in [3.63, 3.8) is 0 Å². The molecule has 2 heterocycles. The van der Waals surface area contributed by atoms with E-state index < -0.39 is 5.91 Å². The first-order valence-corrected chi connectivity index (χ1v) is 6.53. The van der Waals surface area contributed by atoms with Gasteiger partial charge in [0.15, 0.2) is 10.8 Å². The lowest BCUT2D eigenvalue weighted by Crippen LogP contribution is -2.16. The molecule has 0 saturated carbocycles. The number of hydrogen-bond donors (Lipinski definition) is 3. The number of nitrogen functional groups attached to an aromatic ring is 1. The van der Waals surface area contributed by atoms with Gasteiger partial charge in [-0.15, -0.1) is 0 Å². The molecule has 4 N–H and O–H groups in total. The van der Waals surface area contributed by atoms with Crippen molar-refractivity contribution in [2.24, 2.45) is 0 Å². The number of halogens is 2. The van der Waals surface area contributed by atoms with Gasteiger partial charge in [0.05, 0.1) is 11.9 Å². The van der Waals surface area contributed by atoms with E-state index in [0.717, 1.165) is 0 Å². The molecule has 1 amide bonds. The molecule has 3 rings (SSSR count). The molecule has 0 fully saturated rings. The van der Waals surface area contributed by atoms with Crippen LogP contribution in [0.3, 0.4) is 0 Å². The molecule has 0 unspecified atom stereocenters. The third-order valence-corrected chi connectivity index (χ3v) is 3.23. The molecule has 7 nitrogen and oxygen atoms in total. The highest BCUT2D eigenvalue weighted by Gasteiger charge is 2.14. The molecule has 0 spiro atoms. The van der Waals surface area contributed by atoms with Crippen LogP contribution < -0.4 is 11.1 Å². The van der Waals surface area contributed by atoms with Crippen molar-refractivity contribution in [1.82, 2.24) is 19.9 Å². The third kappa shape index (κ3) is 2.61. The molecule has 0 aliphatic rings. The van der Waals surface area contributed by atoms with Crippen molar-refractivity contribution in [2.75, 3.05) is 11.1 Å². The first kappa shape index (κ1) is 13.6. The van der Waals surface area contributed by atoms with Crippen molar-refractivity contribution in [2.45, 2.75) is 0 Å². The number of fused-ring (bicyclic) bond motifs is 1. The lowest BCUT2D eigenvalue weighted by molar-refractivity contribution is 0.102. The Hall–Kier alpha value is -2.38. The summed E-state index contributed by atoms with van der Waals surface area (Å²) in [6, 6.07) is 4.57. The molecule has 0 saturated heterocycles. The van der Waals surface area contributed by atoms with Crippen molar-refractivity contribution in [3.8, 4) is 0 Å². The second kappa shape index (κ2) is 5.19. The minimum Gasteiger partial charge on any atom is -0.398 e. The number of amides is 1. The van der Waals surface area contributed by atoms with Crippen LogP contribution in [0.15, 0.2) is 24.5 Å². The number of nitrogens with two attached hydrogens (primary N) is 1. The second-order valence-electron chi connectivity index (χ2n) is 4.12. The minimum absolute atomic E-state index is 0.0407. The third-order valence-electron chi connectivity index (χ3n) is 2.73. The first-order chi connectivity index (χ1) is 10.0. The molecule has 0 radical (unpaired) electrons. The number of carbonyl (C=O) groups is 1. The summed E-state index contributed by atoms with van der Waals surface area (Å²) in [6.07, 6.45) is 1.44. The van der Waals surface area contributed by atoms with Crippen LogP contribution in [0.25, 0.3) is 11.2 Å². The molecule has 9 heteroatoms. The number of aromatic nitrogens is 4. The maximum atomic E-state index is 12.1. The summed E-state index contributed by atoms with van der Waals surface area (Å²) in [7, 11) is 0. The van der Waals surface area contributed by atoms with Crippen LogP contribution in [-0.4, -0.2) is 25.8 Å². The zero-order valence-corrected chi connectivity index (χ0v) is 11.9. The summed E-state index contributed by atoms with van der Waals surface area (Å²) >= 11 is 11.8. The van der Waals surface area contributed by atoms with Gasteiger partial charge in [0.1, 0.15) is 5.52 Å². The van der Waals surface area contributed by atoms with Crippen molar-refractivity contribution < 1.29 is 4.79 Å². The van der Waals surface area contributed by atoms with Gasteiger partial charge in [-0.05, 0) is 18.2 Å². The standard InChI is InChI=1S/C12H8Cl2N6O/c13-5-1-2-6(7(15)3-5)11(21)20-12-18-9(14)8-10(19-12)17-4-16-8/h1-4H,15H2,(H2,16,17,18,19,20,21). The fourth-order valence-corrected chi connectivity index (χ4v) is 2.16. The molecule has 3 aromatic rings. The fraction of sp³-hybridized carbons (Fsp3) is 0. The summed E-state index contributed by atoms with van der Waals surface area (Å²) in [6.45, 7) is 0. The summed E-state index contributed by atoms with van der Waals surface area (Å²) in [4.78, 5) is 27.0. The lowest BCUT2D eigenvalue weighted by Gasteiger charge is -2.07. The van der Waals surface area contributed by atoms with Gasteiger partial charge in [-0.3, -0.25) is 10.1 Å². The van der Waals surface area contributed by atoms with Crippen molar-refractivity contribution in [3.05, 3.63) is 40.3 Å². The van der Waals surface area contributed by atoms with E-state index in [4.69, 9.17) is 28.9 Å². The van der Waals surface area contributed by atoms with E-state index in [-0.39, 0.29) is 22.4 Å². The van der Waals surface area contributed by atoms with Crippen LogP contribution in [-0.2, 0) is 0 Å². The molecular weight excluding hydrogens is 315 g/mol. The number of anilines is 2. The van der Waals surface area contributed by atoms with Gasteiger partial charge in [-0.2, -0.15) is 9.97 Å². The van der Waals surface area contributed by atoms with Crippen LogP contribution >= 0.6 is 23.2 Å². The summed E-state index contributed by atoms with van der Waals surface area (Å²) in [5, 5.41) is 3.13. The molecule has 21 heavy (non-hydrogen) atoms. The zero-order valence-electron chi connectivity index (χ0n) is 10.4. The first-order valence-electron chi connectivity index (χ1n) is 5.77. The molecule has 0 aliphatic carbocycles. The van der Waals surface area contributed by atoms with Gasteiger partial charge in [0.2, 0.25) is 5.95 Å². The quantitative estimate of drug-likeness (QED) is 0.496. The van der Waals surface area contributed by atoms with E-state index in [1.54, 1.807) is 6.07 Å². The van der Waals surface area contributed by atoms with Crippen molar-refractivity contribution in [1.29, 1.82) is 0 Å². The van der Waals surface area contributed by atoms with Gasteiger partial charge in [-0.1, -0.05) is 23.2 Å². The predicted octanol–water partition coefficient (Wildman–Crippen LogP) is 2.49. The zero-order chi connectivity index (χ0) is 15.0. The van der Waals surface area contributed by atoms with Crippen LogP contribution in [0.2, 0.25) is 10.2 Å². The second-order valence-corrected chi connectivity index (χ2v) is 4.92. The number of nitrogens with one attached hydrogen (secondary N) is 2. The predicted molar refractivity (Wildman–Crippen MR) is 80.5 cm³/mol. The molecular formula is C12H8Cl2N6O. The monoisotopic (exact) mass is 322 g/mol. The van der Waals surface area contributed by atoms with Gasteiger partial charge >= 0.3 is 0 Å². The molecule has 1 aromatic carbocycles. The van der Waals surface area contributed by atoms with E-state index in [9.17, 15) is 4.79 Å². The Bertz CT molecular complexity index is 847. The summed E-state index contributed by atoms with van der Waals surface area (Å²) < 4.78 is 0. The minimum atomic E-state index is -0.463. The normalized spacial score (nSPS) is 10.8. The number of imidazole rings is 1. The van der Waals surface area contributed by atoms with Crippen LogP contribution in [0.1, 0.15) is 10.4 Å². The van der Waals surface area contributed by atoms with E-state index in [1.165, 1.54) is 18.5 Å². The molecule has 2 aromatic heterocycles. The Labute approximate surface area is 128 Å². The fourth-order valence-electron chi connectivity index (χ4n) is 1.76. The maximum absolute atomic E-state index is 12.1. The average Bonchev–Trinajstić information content (AvgIpc) is 2.87. The van der Waals surface area contributed by atoms with Crippen molar-refractivity contribution >= 4 is 51.9 Å². The van der Waals surface area contributed by atoms with E-state index >= 15 is 0 Å². The number of nitrogens with zero attached hydrogens (tertiary/aromatic N) is 3. The molecule has 0 atom stereocenters. The maximum Gasteiger partial charge on any atom is 0.260 e. The number of rotatable bonds is 2. The summed E-state index contributed by atoms with van der Waals surface area (Å²) in [5.41, 5.74) is 7.13. The number of H-pyrrole nitrogens is 1. The van der Waals surface area contributed by atoms with Crippen LogP contribution in [0, 0.1) is 0 Å². The van der Waals surface area contributed by atoms with Gasteiger partial charge < -0.3 is 10.7 Å². The Kier molecular flexibility index (Phi) is 3.36. The highest BCUT2D eigenvalue weighted by Crippen LogP contribution is 2.21. The Morgan fingerprint density at radius 1 is 1.29 bits per heavy atom. The Balaban J connectivity index is 1.92. The Morgan fingerprint density at radius 3 is 2.86 bits per heavy atom. The lowest BCUT2D eigenvalue weighted by atomic mass is 10.1. The molecule has 106 valence electrons. The van der Waals surface area contributed by atoms with Gasteiger partial charge in [0.25, 0.3) is 5.91 Å². The number of carbonyl (C=O) groups excluding carboxylic acids is 1. The van der Waals surface area contributed by atoms with Crippen LogP contribution in [0.5, 0.6) is 0 Å². The number of benzene rings is 1. The Morgan fingerprint density at radius 2 is 2.10 bits per heavy atom.